The molecule has 2 aromatic carbocycles. The van der Waals surface area contributed by atoms with Crippen LogP contribution in [-0.4, -0.2) is 0 Å². The van der Waals surface area contributed by atoms with Crippen molar-refractivity contribution in [2.24, 2.45) is 0 Å². The van der Waals surface area contributed by atoms with Gasteiger partial charge in [0, 0.05) is 15.8 Å². The number of aryl methyl sites for hydroxylation is 1. The quantitative estimate of drug-likeness (QED) is 0.819. The van der Waals surface area contributed by atoms with Gasteiger partial charge in [0.1, 0.15) is 5.82 Å². The third kappa shape index (κ3) is 3.43. The van der Waals surface area contributed by atoms with E-state index in [0.29, 0.717) is 6.54 Å². The van der Waals surface area contributed by atoms with E-state index < -0.39 is 0 Å². The molecule has 0 amide bonds. The van der Waals surface area contributed by atoms with E-state index in [1.807, 2.05) is 25.1 Å². The number of rotatable bonds is 3. The number of nitrogens with one attached hydrogen (secondary N) is 1. The van der Waals surface area contributed by atoms with Gasteiger partial charge in [-0.25, -0.2) is 4.39 Å². The van der Waals surface area contributed by atoms with Gasteiger partial charge in [0.05, 0.1) is 0 Å². The summed E-state index contributed by atoms with van der Waals surface area (Å²) >= 11 is 2.28. The number of anilines is 1. The highest BCUT2D eigenvalue weighted by Crippen LogP contribution is 2.15. The maximum absolute atomic E-state index is 12.9. The first-order valence-corrected chi connectivity index (χ1v) is 6.47. The van der Waals surface area contributed by atoms with E-state index in [4.69, 9.17) is 0 Å². The standard InChI is InChI=1S/C14H13FIN/c1-10-7-12(15)6-5-11(10)9-17-14-4-2-3-13(16)8-14/h2-8,17H,9H2,1H3. The van der Waals surface area contributed by atoms with Crippen molar-refractivity contribution in [1.82, 2.24) is 0 Å². The summed E-state index contributed by atoms with van der Waals surface area (Å²) in [5, 5.41) is 3.33. The molecule has 88 valence electrons. The molecule has 0 fully saturated rings. The van der Waals surface area contributed by atoms with Crippen molar-refractivity contribution in [3.05, 3.63) is 63.0 Å². The van der Waals surface area contributed by atoms with Crippen molar-refractivity contribution >= 4 is 28.3 Å². The number of benzene rings is 2. The smallest absolute Gasteiger partial charge is 0.123 e. The molecule has 0 spiro atoms. The largest absolute Gasteiger partial charge is 0.381 e. The summed E-state index contributed by atoms with van der Waals surface area (Å²) in [6.07, 6.45) is 0. The lowest BCUT2D eigenvalue weighted by Gasteiger charge is -2.09. The molecule has 0 aliphatic rings. The van der Waals surface area contributed by atoms with Crippen LogP contribution in [0.4, 0.5) is 10.1 Å². The Morgan fingerprint density at radius 1 is 1.18 bits per heavy atom. The Kier molecular flexibility index (Phi) is 3.99. The second-order valence-electron chi connectivity index (χ2n) is 3.93. The zero-order chi connectivity index (χ0) is 12.3. The first-order valence-electron chi connectivity index (χ1n) is 5.39. The molecule has 2 rings (SSSR count). The lowest BCUT2D eigenvalue weighted by Crippen LogP contribution is -2.01. The predicted molar refractivity (Wildman–Crippen MR) is 77.6 cm³/mol. The molecule has 1 N–H and O–H groups in total. The zero-order valence-electron chi connectivity index (χ0n) is 9.50. The van der Waals surface area contributed by atoms with Crippen LogP contribution in [0.25, 0.3) is 0 Å². The van der Waals surface area contributed by atoms with E-state index in [1.54, 1.807) is 6.07 Å². The Morgan fingerprint density at radius 2 is 2.00 bits per heavy atom. The van der Waals surface area contributed by atoms with Gasteiger partial charge in [-0.3, -0.25) is 0 Å². The molecule has 0 aliphatic carbocycles. The summed E-state index contributed by atoms with van der Waals surface area (Å²) in [5.74, 6) is -0.180. The number of halogens is 2. The summed E-state index contributed by atoms with van der Waals surface area (Å²) in [5.41, 5.74) is 3.18. The second-order valence-corrected chi connectivity index (χ2v) is 5.18. The van der Waals surface area contributed by atoms with Gasteiger partial charge in [0.25, 0.3) is 0 Å². The molecule has 1 nitrogen and oxygen atoms in total. The molecule has 3 heteroatoms. The molecule has 0 unspecified atom stereocenters. The maximum atomic E-state index is 12.9. The highest BCUT2D eigenvalue weighted by Gasteiger charge is 2.00. The minimum Gasteiger partial charge on any atom is -0.381 e. The van der Waals surface area contributed by atoms with E-state index in [0.717, 1.165) is 16.8 Å². The molecule has 0 saturated heterocycles. The van der Waals surface area contributed by atoms with E-state index in [9.17, 15) is 4.39 Å². The zero-order valence-corrected chi connectivity index (χ0v) is 11.7. The number of hydrogen-bond acceptors (Lipinski definition) is 1. The Hall–Kier alpha value is -1.10. The highest BCUT2D eigenvalue weighted by atomic mass is 127. The SMILES string of the molecule is Cc1cc(F)ccc1CNc1cccc(I)c1. The second kappa shape index (κ2) is 5.49. The summed E-state index contributed by atoms with van der Waals surface area (Å²) in [6, 6.07) is 13.1. The van der Waals surface area contributed by atoms with E-state index in [-0.39, 0.29) is 5.82 Å². The van der Waals surface area contributed by atoms with Crippen molar-refractivity contribution in [3.63, 3.8) is 0 Å². The first kappa shape index (κ1) is 12.4. The molecule has 0 aliphatic heterocycles. The van der Waals surface area contributed by atoms with Gasteiger partial charge in [-0.15, -0.1) is 0 Å². The minimum atomic E-state index is -0.180. The van der Waals surface area contributed by atoms with Crippen LogP contribution in [0.1, 0.15) is 11.1 Å². The first-order chi connectivity index (χ1) is 8.15. The van der Waals surface area contributed by atoms with Crippen LogP contribution < -0.4 is 5.32 Å². The summed E-state index contributed by atoms with van der Waals surface area (Å²) in [6.45, 7) is 2.64. The average Bonchev–Trinajstić information content (AvgIpc) is 2.28. The lowest BCUT2D eigenvalue weighted by molar-refractivity contribution is 0.625. The van der Waals surface area contributed by atoms with Crippen molar-refractivity contribution in [2.75, 3.05) is 5.32 Å². The summed E-state index contributed by atoms with van der Waals surface area (Å²) in [4.78, 5) is 0. The van der Waals surface area contributed by atoms with Crippen LogP contribution in [0.5, 0.6) is 0 Å². The van der Waals surface area contributed by atoms with Gasteiger partial charge in [-0.05, 0) is 71.0 Å². The molecule has 17 heavy (non-hydrogen) atoms. The molecule has 0 saturated carbocycles. The fourth-order valence-electron chi connectivity index (χ4n) is 1.65. The van der Waals surface area contributed by atoms with E-state index in [1.165, 1.54) is 9.64 Å². The molecular formula is C14H13FIN. The molecule has 0 heterocycles. The van der Waals surface area contributed by atoms with Crippen molar-refractivity contribution in [3.8, 4) is 0 Å². The third-order valence-electron chi connectivity index (χ3n) is 2.61. The minimum absolute atomic E-state index is 0.180. The van der Waals surface area contributed by atoms with Gasteiger partial charge >= 0.3 is 0 Å². The molecule has 0 radical (unpaired) electrons. The van der Waals surface area contributed by atoms with Gasteiger partial charge < -0.3 is 5.32 Å². The molecule has 0 atom stereocenters. The van der Waals surface area contributed by atoms with Crippen LogP contribution in [0.15, 0.2) is 42.5 Å². The van der Waals surface area contributed by atoms with Crippen LogP contribution >= 0.6 is 22.6 Å². The van der Waals surface area contributed by atoms with Gasteiger partial charge in [-0.1, -0.05) is 12.1 Å². The summed E-state index contributed by atoms with van der Waals surface area (Å²) < 4.78 is 14.1. The third-order valence-corrected chi connectivity index (χ3v) is 3.28. The molecule has 0 bridgehead atoms. The predicted octanol–water partition coefficient (Wildman–Crippen LogP) is 4.35. The summed E-state index contributed by atoms with van der Waals surface area (Å²) in [7, 11) is 0. The van der Waals surface area contributed by atoms with E-state index in [2.05, 4.69) is 40.0 Å². The van der Waals surface area contributed by atoms with Crippen molar-refractivity contribution in [2.45, 2.75) is 13.5 Å². The Labute approximate surface area is 114 Å². The number of hydrogen-bond donors (Lipinski definition) is 1. The maximum Gasteiger partial charge on any atom is 0.123 e. The van der Waals surface area contributed by atoms with Crippen LogP contribution in [0.2, 0.25) is 0 Å². The highest BCUT2D eigenvalue weighted by molar-refractivity contribution is 14.1. The van der Waals surface area contributed by atoms with Crippen LogP contribution in [0.3, 0.4) is 0 Å². The average molecular weight is 341 g/mol. The van der Waals surface area contributed by atoms with Gasteiger partial charge in [0.2, 0.25) is 0 Å². The Balaban J connectivity index is 2.07. The topological polar surface area (TPSA) is 12.0 Å². The van der Waals surface area contributed by atoms with Gasteiger partial charge in [-0.2, -0.15) is 0 Å². The fourth-order valence-corrected chi connectivity index (χ4v) is 2.20. The monoisotopic (exact) mass is 341 g/mol. The lowest BCUT2D eigenvalue weighted by atomic mass is 10.1. The normalized spacial score (nSPS) is 10.3. The molecule has 2 aromatic rings. The van der Waals surface area contributed by atoms with Gasteiger partial charge in [0.15, 0.2) is 0 Å². The van der Waals surface area contributed by atoms with Crippen LogP contribution in [0, 0.1) is 16.3 Å². The Morgan fingerprint density at radius 3 is 2.71 bits per heavy atom. The molecule has 0 aromatic heterocycles. The van der Waals surface area contributed by atoms with Crippen LogP contribution in [-0.2, 0) is 6.54 Å². The molecular weight excluding hydrogens is 328 g/mol. The van der Waals surface area contributed by atoms with Crippen molar-refractivity contribution < 1.29 is 4.39 Å². The van der Waals surface area contributed by atoms with Crippen molar-refractivity contribution in [1.29, 1.82) is 0 Å². The Bertz CT molecular complexity index is 525. The van der Waals surface area contributed by atoms with E-state index >= 15 is 0 Å². The fraction of sp³-hybridized carbons (Fsp3) is 0.143.